The first-order valence-electron chi connectivity index (χ1n) is 18.4. The molecule has 0 spiro atoms. The number of para-hydroxylation sites is 2. The van der Waals surface area contributed by atoms with Gasteiger partial charge in [-0.05, 0) is 89.0 Å². The highest BCUT2D eigenvalue weighted by Gasteiger charge is 2.24. The summed E-state index contributed by atoms with van der Waals surface area (Å²) >= 11 is 0. The summed E-state index contributed by atoms with van der Waals surface area (Å²) in [6.07, 6.45) is 0. The van der Waals surface area contributed by atoms with Crippen molar-refractivity contribution in [1.29, 1.82) is 0 Å². The molecule has 0 saturated heterocycles. The van der Waals surface area contributed by atoms with Gasteiger partial charge >= 0.3 is 0 Å². The lowest BCUT2D eigenvalue weighted by atomic mass is 9.78. The first-order chi connectivity index (χ1) is 25.1. The minimum atomic E-state index is -0.402. The van der Waals surface area contributed by atoms with E-state index in [1.54, 1.807) is 0 Å². The van der Waals surface area contributed by atoms with Crippen LogP contribution in [0.5, 0.6) is 0 Å². The average Bonchev–Trinajstić information content (AvgIpc) is 3.51. The summed E-state index contributed by atoms with van der Waals surface area (Å²) in [5.41, 5.74) is 8.87. The zero-order valence-corrected chi connectivity index (χ0v) is 26.3. The summed E-state index contributed by atoms with van der Waals surface area (Å²) in [6.45, 7) is 4.49. The van der Waals surface area contributed by atoms with Crippen LogP contribution in [0, 0.1) is 0 Å². The zero-order chi connectivity index (χ0) is 36.1. The van der Waals surface area contributed by atoms with Gasteiger partial charge in [-0.3, -0.25) is 0 Å². The van der Waals surface area contributed by atoms with Crippen LogP contribution in [0.15, 0.2) is 182 Å². The van der Waals surface area contributed by atoms with Gasteiger partial charge in [-0.25, -0.2) is 0 Å². The molecule has 0 aliphatic rings. The van der Waals surface area contributed by atoms with E-state index in [1.165, 1.54) is 11.1 Å². The van der Waals surface area contributed by atoms with E-state index in [9.17, 15) is 0 Å². The van der Waals surface area contributed by atoms with Crippen LogP contribution in [0.25, 0.3) is 38.6 Å². The molecule has 0 fully saturated rings. The highest BCUT2D eigenvalue weighted by atomic mass is 15.1. The number of nitrogens with zero attached hydrogens (tertiary/aromatic N) is 2. The van der Waals surface area contributed by atoms with Gasteiger partial charge in [-0.2, -0.15) is 0 Å². The van der Waals surface area contributed by atoms with Crippen LogP contribution in [0.3, 0.4) is 0 Å². The fraction of sp³-hybridized carbons (Fsp3) is 0.0667. The molecule has 2 heteroatoms. The van der Waals surface area contributed by atoms with Gasteiger partial charge in [0.15, 0.2) is 0 Å². The predicted octanol–water partition coefficient (Wildman–Crippen LogP) is 12.2. The maximum Gasteiger partial charge on any atom is 0.0629 e. The Morgan fingerprint density at radius 2 is 1.06 bits per heavy atom. The second-order valence-corrected chi connectivity index (χ2v) is 12.3. The SMILES string of the molecule is [2H]c1c([2H])c([2H])c(-c2ccc3c(c2)c2cc(N(c4ccccc4)c4ccccc4)ccc2n3-c2cccc(C(C)(C)c3ccccc3)c2)c([2H])c1[2H]. The van der Waals surface area contributed by atoms with Crippen molar-refractivity contribution in [2.24, 2.45) is 0 Å². The van der Waals surface area contributed by atoms with E-state index in [2.05, 4.69) is 114 Å². The molecular formula is C45H36N2. The van der Waals surface area contributed by atoms with Crippen molar-refractivity contribution in [3.05, 3.63) is 193 Å². The van der Waals surface area contributed by atoms with Crippen molar-refractivity contribution in [3.8, 4) is 16.8 Å². The van der Waals surface area contributed by atoms with E-state index in [4.69, 9.17) is 6.85 Å². The summed E-state index contributed by atoms with van der Waals surface area (Å²) in [6, 6.07) is 50.5. The van der Waals surface area contributed by atoms with E-state index < -0.39 is 6.04 Å². The molecule has 0 amide bonds. The third-order valence-corrected chi connectivity index (χ3v) is 9.15. The molecular weight excluding hydrogens is 569 g/mol. The molecule has 1 heterocycles. The number of benzene rings is 7. The molecule has 47 heavy (non-hydrogen) atoms. The highest BCUT2D eigenvalue weighted by Crippen LogP contribution is 2.41. The summed E-state index contributed by atoms with van der Waals surface area (Å²) in [4.78, 5) is 2.23. The molecule has 1 aromatic heterocycles. The summed E-state index contributed by atoms with van der Waals surface area (Å²) < 4.78 is 44.6. The first-order valence-corrected chi connectivity index (χ1v) is 15.9. The molecule has 8 aromatic rings. The van der Waals surface area contributed by atoms with Crippen molar-refractivity contribution in [2.75, 3.05) is 4.90 Å². The van der Waals surface area contributed by atoms with E-state index >= 15 is 0 Å². The van der Waals surface area contributed by atoms with Crippen LogP contribution in [0.1, 0.15) is 31.8 Å². The Labute approximate surface area is 283 Å². The Balaban J connectivity index is 1.40. The van der Waals surface area contributed by atoms with Gasteiger partial charge in [0.25, 0.3) is 0 Å². The number of anilines is 3. The average molecular weight is 610 g/mol. The molecule has 0 N–H and O–H groups in total. The second kappa shape index (κ2) is 11.8. The Bertz CT molecular complexity index is 2530. The van der Waals surface area contributed by atoms with Gasteiger partial charge in [0.05, 0.1) is 17.9 Å². The van der Waals surface area contributed by atoms with E-state index in [0.717, 1.165) is 44.6 Å². The normalized spacial score (nSPS) is 13.1. The van der Waals surface area contributed by atoms with Crippen LogP contribution in [-0.2, 0) is 5.41 Å². The smallest absolute Gasteiger partial charge is 0.0629 e. The summed E-state index contributed by atoms with van der Waals surface area (Å²) in [7, 11) is 0. The van der Waals surface area contributed by atoms with Gasteiger partial charge in [0.1, 0.15) is 0 Å². The van der Waals surface area contributed by atoms with Gasteiger partial charge in [0.2, 0.25) is 0 Å². The lowest BCUT2D eigenvalue weighted by Crippen LogP contribution is -2.19. The molecule has 7 aromatic carbocycles. The van der Waals surface area contributed by atoms with Crippen LogP contribution < -0.4 is 4.90 Å². The minimum absolute atomic E-state index is 0.187. The molecule has 8 rings (SSSR count). The number of fused-ring (bicyclic) bond motifs is 3. The van der Waals surface area contributed by atoms with Crippen molar-refractivity contribution < 1.29 is 6.85 Å². The maximum atomic E-state index is 8.73. The molecule has 226 valence electrons. The lowest BCUT2D eigenvalue weighted by molar-refractivity contribution is 0.640. The Kier molecular flexibility index (Phi) is 5.90. The number of hydrogen-bond donors (Lipinski definition) is 0. The van der Waals surface area contributed by atoms with Gasteiger partial charge in [0, 0.05) is 38.9 Å². The molecule has 0 atom stereocenters. The van der Waals surface area contributed by atoms with Crippen molar-refractivity contribution in [3.63, 3.8) is 0 Å². The van der Waals surface area contributed by atoms with Gasteiger partial charge in [-0.1, -0.05) is 129 Å². The standard InChI is InChI=1S/C45H36N2/c1-45(2,35-18-9-4-10-19-35)36-20-15-25-39(31-36)47-43-28-26-34(33-16-7-3-8-17-33)30-41(43)42-32-40(27-29-44(42)47)46(37-21-11-5-12-22-37)38-23-13-6-14-24-38/h3-32H,1-2H3/i3D,7D,8D,16D,17D. The first kappa shape index (κ1) is 23.5. The second-order valence-electron chi connectivity index (χ2n) is 12.3. The molecule has 0 aliphatic heterocycles. The predicted molar refractivity (Wildman–Crippen MR) is 199 cm³/mol. The van der Waals surface area contributed by atoms with Crippen LogP contribution in [0.4, 0.5) is 17.1 Å². The van der Waals surface area contributed by atoms with Crippen molar-refractivity contribution in [1.82, 2.24) is 4.57 Å². The fourth-order valence-corrected chi connectivity index (χ4v) is 6.63. The molecule has 0 saturated carbocycles. The Morgan fingerprint density at radius 3 is 1.72 bits per heavy atom. The topological polar surface area (TPSA) is 8.17 Å². The monoisotopic (exact) mass is 609 g/mol. The highest BCUT2D eigenvalue weighted by molar-refractivity contribution is 6.11. The minimum Gasteiger partial charge on any atom is -0.310 e. The third kappa shape index (κ3) is 5.18. The van der Waals surface area contributed by atoms with E-state index in [-0.39, 0.29) is 35.1 Å². The van der Waals surface area contributed by atoms with Gasteiger partial charge < -0.3 is 9.47 Å². The lowest BCUT2D eigenvalue weighted by Gasteiger charge is -2.27. The number of aromatic nitrogens is 1. The quantitative estimate of drug-likeness (QED) is 0.174. The molecule has 0 unspecified atom stereocenters. The Hall–Kier alpha value is -5.86. The zero-order valence-electron chi connectivity index (χ0n) is 31.3. The van der Waals surface area contributed by atoms with E-state index in [0.29, 0.717) is 5.56 Å². The fourth-order valence-electron chi connectivity index (χ4n) is 6.63. The molecule has 2 nitrogen and oxygen atoms in total. The summed E-state index contributed by atoms with van der Waals surface area (Å²) in [5.74, 6) is 0. The third-order valence-electron chi connectivity index (χ3n) is 9.15. The van der Waals surface area contributed by atoms with Crippen LogP contribution in [0.2, 0.25) is 0 Å². The molecule has 0 bridgehead atoms. The van der Waals surface area contributed by atoms with E-state index in [1.807, 2.05) is 60.7 Å². The largest absolute Gasteiger partial charge is 0.310 e. The molecule has 0 aliphatic carbocycles. The summed E-state index contributed by atoms with van der Waals surface area (Å²) in [5, 5.41) is 1.89. The molecule has 0 radical (unpaired) electrons. The van der Waals surface area contributed by atoms with Crippen molar-refractivity contribution >= 4 is 38.9 Å². The number of hydrogen-bond acceptors (Lipinski definition) is 1. The van der Waals surface area contributed by atoms with Crippen molar-refractivity contribution in [2.45, 2.75) is 19.3 Å². The van der Waals surface area contributed by atoms with Crippen LogP contribution >= 0.6 is 0 Å². The number of rotatable bonds is 7. The van der Waals surface area contributed by atoms with Gasteiger partial charge in [-0.15, -0.1) is 0 Å². The Morgan fingerprint density at radius 1 is 0.489 bits per heavy atom. The van der Waals surface area contributed by atoms with Crippen LogP contribution in [-0.4, -0.2) is 4.57 Å². The maximum absolute atomic E-state index is 8.73.